The summed E-state index contributed by atoms with van der Waals surface area (Å²) in [5.41, 5.74) is 1.48. The number of imidazole rings is 1. The fourth-order valence-corrected chi connectivity index (χ4v) is 1.84. The Morgan fingerprint density at radius 1 is 1.29 bits per heavy atom. The number of rotatable bonds is 1. The van der Waals surface area contributed by atoms with Crippen molar-refractivity contribution in [2.45, 2.75) is 6.92 Å². The smallest absolute Gasteiger partial charge is 0.306 e. The van der Waals surface area contributed by atoms with Crippen LogP contribution in [0.15, 0.2) is 35.1 Å². The topological polar surface area (TPSA) is 30.4 Å². The van der Waals surface area contributed by atoms with Crippen LogP contribution in [-0.4, -0.2) is 9.38 Å². The largest absolute Gasteiger partial charge is 0.432 e. The molecule has 0 unspecified atom stereocenters. The van der Waals surface area contributed by atoms with Gasteiger partial charge < -0.3 is 4.42 Å². The minimum atomic E-state index is -0.631. The van der Waals surface area contributed by atoms with Gasteiger partial charge in [0.2, 0.25) is 0 Å². The van der Waals surface area contributed by atoms with Gasteiger partial charge in [0, 0.05) is 17.8 Å². The first-order valence-electron chi connectivity index (χ1n) is 5.04. The number of nitrogens with zero attached hydrogens (tertiary/aromatic N) is 2. The van der Waals surface area contributed by atoms with Crippen molar-refractivity contribution in [1.82, 2.24) is 9.38 Å². The standard InChI is InChI=1S/C12H8F2N2O/c1-7-11(15-12-16(7)4-5-17-12)9-3-2-8(13)6-10(9)14/h2-6H,1H3. The molecule has 0 fully saturated rings. The third-order valence-electron chi connectivity index (χ3n) is 2.69. The molecule has 0 radical (unpaired) electrons. The van der Waals surface area contributed by atoms with Crippen LogP contribution >= 0.6 is 0 Å². The second-order valence-corrected chi connectivity index (χ2v) is 3.73. The fourth-order valence-electron chi connectivity index (χ4n) is 1.84. The maximum absolute atomic E-state index is 13.6. The average molecular weight is 234 g/mol. The number of aromatic nitrogens is 2. The molecule has 0 atom stereocenters. The Bertz CT molecular complexity index is 700. The first-order valence-corrected chi connectivity index (χ1v) is 5.04. The normalized spacial score (nSPS) is 11.2. The van der Waals surface area contributed by atoms with Gasteiger partial charge in [0.15, 0.2) is 0 Å². The van der Waals surface area contributed by atoms with E-state index in [9.17, 15) is 8.78 Å². The molecule has 5 heteroatoms. The van der Waals surface area contributed by atoms with E-state index in [4.69, 9.17) is 4.42 Å². The van der Waals surface area contributed by atoms with Crippen molar-refractivity contribution in [1.29, 1.82) is 0 Å². The molecule has 0 aliphatic heterocycles. The molecule has 0 aliphatic rings. The van der Waals surface area contributed by atoms with Gasteiger partial charge in [-0.1, -0.05) is 0 Å². The molecule has 0 N–H and O–H groups in total. The zero-order valence-electron chi connectivity index (χ0n) is 8.95. The first kappa shape index (κ1) is 10.0. The number of oxazole rings is 1. The second kappa shape index (κ2) is 3.41. The first-order chi connectivity index (χ1) is 8.16. The average Bonchev–Trinajstić information content (AvgIpc) is 2.83. The molecular weight excluding hydrogens is 226 g/mol. The van der Waals surface area contributed by atoms with Crippen LogP contribution in [0.3, 0.4) is 0 Å². The third kappa shape index (κ3) is 1.43. The molecule has 0 aliphatic carbocycles. The third-order valence-corrected chi connectivity index (χ3v) is 2.69. The van der Waals surface area contributed by atoms with Crippen LogP contribution in [0.4, 0.5) is 8.78 Å². The second-order valence-electron chi connectivity index (χ2n) is 3.73. The Kier molecular flexibility index (Phi) is 2.01. The summed E-state index contributed by atoms with van der Waals surface area (Å²) in [5, 5.41) is 0. The van der Waals surface area contributed by atoms with Crippen molar-refractivity contribution in [3.63, 3.8) is 0 Å². The summed E-state index contributed by atoms with van der Waals surface area (Å²) in [6.07, 6.45) is 3.20. The van der Waals surface area contributed by atoms with Crippen LogP contribution in [0.25, 0.3) is 17.1 Å². The molecule has 86 valence electrons. The Hall–Kier alpha value is -2.17. The minimum Gasteiger partial charge on any atom is -0.432 e. The molecule has 3 nitrogen and oxygen atoms in total. The van der Waals surface area contributed by atoms with Crippen LogP contribution in [0.2, 0.25) is 0 Å². The molecular formula is C12H8F2N2O. The van der Waals surface area contributed by atoms with Gasteiger partial charge in [-0.15, -0.1) is 0 Å². The minimum absolute atomic E-state index is 0.266. The van der Waals surface area contributed by atoms with E-state index >= 15 is 0 Å². The van der Waals surface area contributed by atoms with E-state index in [1.807, 2.05) is 0 Å². The quantitative estimate of drug-likeness (QED) is 0.647. The van der Waals surface area contributed by atoms with Crippen molar-refractivity contribution in [2.24, 2.45) is 0 Å². The highest BCUT2D eigenvalue weighted by Gasteiger charge is 2.15. The summed E-state index contributed by atoms with van der Waals surface area (Å²) < 4.78 is 33.3. The van der Waals surface area contributed by atoms with Crippen LogP contribution in [-0.2, 0) is 0 Å². The molecule has 3 rings (SSSR count). The van der Waals surface area contributed by atoms with Crippen LogP contribution in [0, 0.1) is 18.6 Å². The predicted molar refractivity (Wildman–Crippen MR) is 57.5 cm³/mol. The van der Waals surface area contributed by atoms with Crippen molar-refractivity contribution < 1.29 is 13.2 Å². The van der Waals surface area contributed by atoms with Gasteiger partial charge in [-0.25, -0.2) is 8.78 Å². The Labute approximate surface area is 95.3 Å². The van der Waals surface area contributed by atoms with Gasteiger partial charge in [-0.2, -0.15) is 4.98 Å². The van der Waals surface area contributed by atoms with Crippen molar-refractivity contribution >= 4 is 5.84 Å². The maximum Gasteiger partial charge on any atom is 0.306 e. The number of hydrogen-bond acceptors (Lipinski definition) is 2. The molecule has 0 amide bonds. The van der Waals surface area contributed by atoms with E-state index in [0.717, 1.165) is 11.8 Å². The van der Waals surface area contributed by atoms with E-state index in [1.54, 1.807) is 17.5 Å². The number of hydrogen-bond donors (Lipinski definition) is 0. The van der Waals surface area contributed by atoms with E-state index < -0.39 is 11.6 Å². The highest BCUT2D eigenvalue weighted by atomic mass is 19.1. The van der Waals surface area contributed by atoms with Crippen molar-refractivity contribution in [2.75, 3.05) is 0 Å². The Morgan fingerprint density at radius 3 is 2.82 bits per heavy atom. The fraction of sp³-hybridized carbons (Fsp3) is 0.0833. The van der Waals surface area contributed by atoms with E-state index in [0.29, 0.717) is 11.5 Å². The van der Waals surface area contributed by atoms with Crippen LogP contribution in [0.5, 0.6) is 0 Å². The molecule has 2 heterocycles. The van der Waals surface area contributed by atoms with Crippen LogP contribution in [0.1, 0.15) is 5.69 Å². The Morgan fingerprint density at radius 2 is 2.12 bits per heavy atom. The Balaban J connectivity index is 2.26. The van der Waals surface area contributed by atoms with Gasteiger partial charge in [-0.3, -0.25) is 4.40 Å². The lowest BCUT2D eigenvalue weighted by atomic mass is 10.1. The summed E-state index contributed by atoms with van der Waals surface area (Å²) >= 11 is 0. The lowest BCUT2D eigenvalue weighted by molar-refractivity contribution is 0.585. The van der Waals surface area contributed by atoms with Gasteiger partial charge in [0.25, 0.3) is 0 Å². The highest BCUT2D eigenvalue weighted by molar-refractivity contribution is 5.65. The summed E-state index contributed by atoms with van der Waals surface area (Å²) in [6.45, 7) is 1.80. The lowest BCUT2D eigenvalue weighted by Crippen LogP contribution is -1.89. The van der Waals surface area contributed by atoms with Gasteiger partial charge in [-0.05, 0) is 19.1 Å². The van der Waals surface area contributed by atoms with Gasteiger partial charge in [0.05, 0.1) is 11.4 Å². The monoisotopic (exact) mass is 234 g/mol. The number of fused-ring (bicyclic) bond motifs is 1. The van der Waals surface area contributed by atoms with Crippen molar-refractivity contribution in [3.8, 4) is 11.3 Å². The zero-order valence-corrected chi connectivity index (χ0v) is 8.95. The molecule has 1 aromatic carbocycles. The molecule has 17 heavy (non-hydrogen) atoms. The van der Waals surface area contributed by atoms with Gasteiger partial charge >= 0.3 is 5.84 Å². The zero-order chi connectivity index (χ0) is 12.0. The SMILES string of the molecule is Cc1c(-c2ccc(F)cc2F)nc2occn12. The predicted octanol–water partition coefficient (Wildman–Crippen LogP) is 3.18. The van der Waals surface area contributed by atoms with E-state index in [2.05, 4.69) is 4.98 Å². The molecule has 0 saturated carbocycles. The summed E-state index contributed by atoms with van der Waals surface area (Å²) in [5.74, 6) is -0.845. The highest BCUT2D eigenvalue weighted by Crippen LogP contribution is 2.26. The summed E-state index contributed by atoms with van der Waals surface area (Å²) in [6, 6.07) is 3.42. The molecule has 0 bridgehead atoms. The number of aryl methyl sites for hydroxylation is 1. The molecule has 3 aromatic rings. The maximum atomic E-state index is 13.6. The van der Waals surface area contributed by atoms with E-state index in [1.165, 1.54) is 18.4 Å². The lowest BCUT2D eigenvalue weighted by Gasteiger charge is -2.00. The van der Waals surface area contributed by atoms with Crippen LogP contribution < -0.4 is 0 Å². The molecule has 0 spiro atoms. The molecule has 2 aromatic heterocycles. The summed E-state index contributed by atoms with van der Waals surface area (Å²) in [4.78, 5) is 4.17. The number of benzene rings is 1. The molecule has 0 saturated heterocycles. The van der Waals surface area contributed by atoms with Gasteiger partial charge in [0.1, 0.15) is 17.9 Å². The summed E-state index contributed by atoms with van der Waals surface area (Å²) in [7, 11) is 0. The van der Waals surface area contributed by atoms with E-state index in [-0.39, 0.29) is 5.56 Å². The van der Waals surface area contributed by atoms with Crippen molar-refractivity contribution in [3.05, 3.63) is 48.0 Å². The number of halogens is 2.